The molecule has 1 amide bonds. The Kier molecular flexibility index (Phi) is 9.56. The zero-order valence-corrected chi connectivity index (χ0v) is 22.6. The van der Waals surface area contributed by atoms with E-state index in [1.165, 1.54) is 18.2 Å². The summed E-state index contributed by atoms with van der Waals surface area (Å²) < 4.78 is 68.7. The molecule has 1 aromatic carbocycles. The molecule has 10 nitrogen and oxygen atoms in total. The van der Waals surface area contributed by atoms with Gasteiger partial charge in [-0.15, -0.1) is 0 Å². The zero-order chi connectivity index (χ0) is 29.0. The molecule has 3 rings (SSSR count). The van der Waals surface area contributed by atoms with E-state index in [9.17, 15) is 26.4 Å². The van der Waals surface area contributed by atoms with Gasteiger partial charge in [0.25, 0.3) is 0 Å². The third-order valence-electron chi connectivity index (χ3n) is 6.28. The fraction of sp³-hybridized carbons (Fsp3) is 0.480. The standard InChI is InChI=1S/C25H33F3N6O4S/c1-3-7-33(8-4-2)24(36)19-9-18-6-5-17(10-21(18)32-22(29)11-19)20(23(30)25(26,27)28)12-31-39(37,38)34-13-16(14-34)15-35/h5-6,9-10,12,16,30-31,35H,3-4,7-8,11,13-15H2,1-2H3,(H2,29,32)/b20-12-,30-23?. The summed E-state index contributed by atoms with van der Waals surface area (Å²) in [5, 5.41) is 16.8. The van der Waals surface area contributed by atoms with Gasteiger partial charge in [-0.3, -0.25) is 14.9 Å². The molecule has 39 heavy (non-hydrogen) atoms. The first-order chi connectivity index (χ1) is 18.3. The Hall–Kier alpha value is -3.23. The minimum Gasteiger partial charge on any atom is -0.396 e. The number of amidine groups is 1. The Balaban J connectivity index is 1.99. The van der Waals surface area contributed by atoms with Crippen LogP contribution in [0.2, 0.25) is 0 Å². The Morgan fingerprint density at radius 3 is 2.49 bits per heavy atom. The van der Waals surface area contributed by atoms with Crippen molar-refractivity contribution in [2.24, 2.45) is 16.6 Å². The summed E-state index contributed by atoms with van der Waals surface area (Å²) in [6, 6.07) is 4.03. The van der Waals surface area contributed by atoms with Crippen LogP contribution in [0.25, 0.3) is 11.6 Å². The number of nitrogens with two attached hydrogens (primary N) is 1. The van der Waals surface area contributed by atoms with Crippen molar-refractivity contribution in [2.75, 3.05) is 32.8 Å². The number of carbonyl (C=O) groups excluding carboxylic acids is 1. The molecule has 5 N–H and O–H groups in total. The lowest BCUT2D eigenvalue weighted by molar-refractivity contribution is -0.127. The maximum absolute atomic E-state index is 13.6. The normalized spacial score (nSPS) is 16.9. The van der Waals surface area contributed by atoms with Crippen molar-refractivity contribution in [3.63, 3.8) is 0 Å². The number of aliphatic hydroxyl groups excluding tert-OH is 1. The summed E-state index contributed by atoms with van der Waals surface area (Å²) in [6.07, 6.45) is -1.24. The van der Waals surface area contributed by atoms with Crippen LogP contribution in [0.3, 0.4) is 0 Å². The van der Waals surface area contributed by atoms with Gasteiger partial charge in [-0.25, -0.2) is 4.99 Å². The van der Waals surface area contributed by atoms with Gasteiger partial charge in [-0.05, 0) is 30.5 Å². The number of carbonyl (C=O) groups is 1. The van der Waals surface area contributed by atoms with Crippen molar-refractivity contribution < 1.29 is 31.5 Å². The molecule has 2 heterocycles. The van der Waals surface area contributed by atoms with Crippen LogP contribution >= 0.6 is 0 Å². The highest BCUT2D eigenvalue weighted by atomic mass is 32.2. The van der Waals surface area contributed by atoms with Gasteiger partial charge in [-0.2, -0.15) is 25.9 Å². The summed E-state index contributed by atoms with van der Waals surface area (Å²) in [5.74, 6) is -0.351. The van der Waals surface area contributed by atoms with Gasteiger partial charge in [-0.1, -0.05) is 26.0 Å². The Labute approximate surface area is 225 Å². The summed E-state index contributed by atoms with van der Waals surface area (Å²) >= 11 is 0. The van der Waals surface area contributed by atoms with Gasteiger partial charge < -0.3 is 15.7 Å². The number of nitrogens with zero attached hydrogens (tertiary/aromatic N) is 3. The number of benzene rings is 1. The molecule has 0 aromatic heterocycles. The van der Waals surface area contributed by atoms with E-state index in [2.05, 4.69) is 4.99 Å². The minimum absolute atomic E-state index is 0.0277. The summed E-state index contributed by atoms with van der Waals surface area (Å²) in [7, 11) is -4.18. The van der Waals surface area contributed by atoms with E-state index in [4.69, 9.17) is 16.2 Å². The first-order valence-electron chi connectivity index (χ1n) is 12.5. The largest absolute Gasteiger partial charge is 0.433 e. The average Bonchev–Trinajstić information content (AvgIpc) is 2.99. The molecule has 214 valence electrons. The third-order valence-corrected chi connectivity index (χ3v) is 7.68. The molecule has 0 bridgehead atoms. The zero-order valence-electron chi connectivity index (χ0n) is 21.8. The van der Waals surface area contributed by atoms with Crippen LogP contribution in [0.15, 0.2) is 35.0 Å². The number of allylic oxidation sites excluding steroid dienone is 1. The van der Waals surface area contributed by atoms with Crippen molar-refractivity contribution in [1.82, 2.24) is 13.9 Å². The predicted octanol–water partition coefficient (Wildman–Crippen LogP) is 2.79. The quantitative estimate of drug-likeness (QED) is 0.302. The van der Waals surface area contributed by atoms with E-state index in [0.29, 0.717) is 30.4 Å². The average molecular weight is 571 g/mol. The van der Waals surface area contributed by atoms with Gasteiger partial charge in [0.05, 0.1) is 5.69 Å². The van der Waals surface area contributed by atoms with Crippen molar-refractivity contribution in [1.29, 1.82) is 5.41 Å². The van der Waals surface area contributed by atoms with E-state index in [-0.39, 0.29) is 55.0 Å². The van der Waals surface area contributed by atoms with Crippen LogP contribution in [-0.2, 0) is 15.0 Å². The number of alkyl halides is 3. The molecule has 0 unspecified atom stereocenters. The molecule has 0 radical (unpaired) electrons. The molecule has 2 aliphatic heterocycles. The van der Waals surface area contributed by atoms with Crippen LogP contribution in [0, 0.1) is 11.3 Å². The lowest BCUT2D eigenvalue weighted by Gasteiger charge is -2.36. The smallest absolute Gasteiger partial charge is 0.396 e. The number of halogens is 3. The van der Waals surface area contributed by atoms with Crippen LogP contribution in [0.4, 0.5) is 18.9 Å². The lowest BCUT2D eigenvalue weighted by atomic mass is 9.98. The van der Waals surface area contributed by atoms with Crippen molar-refractivity contribution in [3.8, 4) is 0 Å². The van der Waals surface area contributed by atoms with Gasteiger partial charge in [0.15, 0.2) is 0 Å². The fourth-order valence-corrected chi connectivity index (χ4v) is 5.48. The second-order valence-corrected chi connectivity index (χ2v) is 11.1. The van der Waals surface area contributed by atoms with E-state index in [1.807, 2.05) is 18.6 Å². The fourth-order valence-electron chi connectivity index (χ4n) is 4.25. The second kappa shape index (κ2) is 12.3. The van der Waals surface area contributed by atoms with Gasteiger partial charge in [0.1, 0.15) is 11.5 Å². The highest BCUT2D eigenvalue weighted by molar-refractivity contribution is 7.87. The summed E-state index contributed by atoms with van der Waals surface area (Å²) in [6.45, 7) is 4.90. The number of rotatable bonds is 11. The van der Waals surface area contributed by atoms with Crippen LogP contribution in [0.1, 0.15) is 44.2 Å². The Bertz CT molecular complexity index is 1300. The maximum atomic E-state index is 13.6. The number of aliphatic imine (C=N–C) groups is 1. The number of nitrogens with one attached hydrogen (secondary N) is 2. The predicted molar refractivity (Wildman–Crippen MR) is 143 cm³/mol. The number of aliphatic hydroxyl groups is 1. The van der Waals surface area contributed by atoms with Crippen LogP contribution in [-0.4, -0.2) is 79.1 Å². The molecule has 1 fully saturated rings. The Morgan fingerprint density at radius 1 is 1.28 bits per heavy atom. The third kappa shape index (κ3) is 7.25. The molecular formula is C25H33F3N6O4S. The second-order valence-electron chi connectivity index (χ2n) is 9.43. The Morgan fingerprint density at radius 2 is 1.92 bits per heavy atom. The van der Waals surface area contributed by atoms with Crippen molar-refractivity contribution in [2.45, 2.75) is 39.3 Å². The topological polar surface area (TPSA) is 152 Å². The van der Waals surface area contributed by atoms with Gasteiger partial charge in [0.2, 0.25) is 5.91 Å². The van der Waals surface area contributed by atoms with Crippen LogP contribution in [0.5, 0.6) is 0 Å². The summed E-state index contributed by atoms with van der Waals surface area (Å²) in [4.78, 5) is 19.2. The molecule has 14 heteroatoms. The van der Waals surface area contributed by atoms with Crippen molar-refractivity contribution in [3.05, 3.63) is 41.1 Å². The van der Waals surface area contributed by atoms with E-state index in [0.717, 1.165) is 17.1 Å². The molecule has 0 atom stereocenters. The first-order valence-corrected chi connectivity index (χ1v) is 14.0. The minimum atomic E-state index is -5.06. The highest BCUT2D eigenvalue weighted by Gasteiger charge is 2.39. The number of hydrogen-bond donors (Lipinski definition) is 4. The monoisotopic (exact) mass is 570 g/mol. The molecule has 0 saturated carbocycles. The van der Waals surface area contributed by atoms with E-state index < -0.39 is 27.7 Å². The van der Waals surface area contributed by atoms with Crippen molar-refractivity contribution >= 4 is 45.0 Å². The van der Waals surface area contributed by atoms with Crippen LogP contribution < -0.4 is 10.5 Å². The highest BCUT2D eigenvalue weighted by Crippen LogP contribution is 2.33. The lowest BCUT2D eigenvalue weighted by Crippen LogP contribution is -2.54. The van der Waals surface area contributed by atoms with E-state index >= 15 is 0 Å². The maximum Gasteiger partial charge on any atom is 0.433 e. The van der Waals surface area contributed by atoms with E-state index in [1.54, 1.807) is 11.0 Å². The number of amides is 1. The first kappa shape index (κ1) is 30.3. The SMILES string of the molecule is CCCN(CCC)C(=O)C1=Cc2ccc(/C(=C/NS(=O)(=O)N3CC(CO)C3)C(=N)C(F)(F)F)cc2N=C(N)C1. The molecule has 1 aromatic rings. The van der Waals surface area contributed by atoms with Gasteiger partial charge in [0, 0.05) is 68.0 Å². The molecule has 2 aliphatic rings. The van der Waals surface area contributed by atoms with Gasteiger partial charge >= 0.3 is 16.4 Å². The molecule has 1 saturated heterocycles. The number of fused-ring (bicyclic) bond motifs is 1. The molecule has 0 aliphatic carbocycles. The summed E-state index contributed by atoms with van der Waals surface area (Å²) in [5.41, 5.74) is 4.50. The molecule has 0 spiro atoms. The number of hydrogen-bond acceptors (Lipinski definition) is 7. The molecular weight excluding hydrogens is 537 g/mol.